The molecule has 0 radical (unpaired) electrons. The largest absolute Gasteiger partial charge is 0.355 e. The predicted octanol–water partition coefficient (Wildman–Crippen LogP) is 0.584. The highest BCUT2D eigenvalue weighted by Crippen LogP contribution is 2.22. The van der Waals surface area contributed by atoms with Gasteiger partial charge in [0.25, 0.3) is 0 Å². The molecule has 106 valence electrons. The first-order chi connectivity index (χ1) is 8.97. The van der Waals surface area contributed by atoms with E-state index < -0.39 is 10.0 Å². The van der Waals surface area contributed by atoms with Gasteiger partial charge in [0, 0.05) is 39.1 Å². The molecule has 0 unspecified atom stereocenters. The van der Waals surface area contributed by atoms with E-state index in [1.165, 1.54) is 10.6 Å². The van der Waals surface area contributed by atoms with Crippen LogP contribution in [0.25, 0.3) is 0 Å². The SMILES string of the molecule is CN(CC1CCN(c2cnccn2)CC1)S(C)(=O)=O. The molecule has 19 heavy (non-hydrogen) atoms. The summed E-state index contributed by atoms with van der Waals surface area (Å²) in [6, 6.07) is 0. The Morgan fingerprint density at radius 3 is 2.58 bits per heavy atom. The van der Waals surface area contributed by atoms with Crippen LogP contribution in [0.3, 0.4) is 0 Å². The minimum atomic E-state index is -3.07. The third kappa shape index (κ3) is 3.87. The number of hydrogen-bond donors (Lipinski definition) is 0. The zero-order valence-corrected chi connectivity index (χ0v) is 12.2. The zero-order chi connectivity index (χ0) is 13.9. The van der Waals surface area contributed by atoms with Crippen LogP contribution >= 0.6 is 0 Å². The maximum Gasteiger partial charge on any atom is 0.210 e. The van der Waals surface area contributed by atoms with Crippen LogP contribution in [0.5, 0.6) is 0 Å². The van der Waals surface area contributed by atoms with E-state index in [0.717, 1.165) is 31.7 Å². The Morgan fingerprint density at radius 1 is 1.37 bits per heavy atom. The highest BCUT2D eigenvalue weighted by atomic mass is 32.2. The Morgan fingerprint density at radius 2 is 2.05 bits per heavy atom. The Kier molecular flexibility index (Phi) is 4.36. The zero-order valence-electron chi connectivity index (χ0n) is 11.4. The van der Waals surface area contributed by atoms with Crippen LogP contribution in [0, 0.1) is 5.92 Å². The smallest absolute Gasteiger partial charge is 0.210 e. The molecule has 0 amide bonds. The van der Waals surface area contributed by atoms with E-state index in [1.54, 1.807) is 25.6 Å². The van der Waals surface area contributed by atoms with E-state index >= 15 is 0 Å². The van der Waals surface area contributed by atoms with Gasteiger partial charge in [0.1, 0.15) is 5.82 Å². The van der Waals surface area contributed by atoms with E-state index in [4.69, 9.17) is 0 Å². The van der Waals surface area contributed by atoms with Gasteiger partial charge < -0.3 is 4.90 Å². The van der Waals surface area contributed by atoms with Crippen LogP contribution in [0.1, 0.15) is 12.8 Å². The number of piperidine rings is 1. The maximum atomic E-state index is 11.4. The van der Waals surface area contributed by atoms with Crippen molar-refractivity contribution in [2.45, 2.75) is 12.8 Å². The first-order valence-corrected chi connectivity index (χ1v) is 8.24. The molecule has 0 aliphatic carbocycles. The topological polar surface area (TPSA) is 66.4 Å². The molecule has 0 N–H and O–H groups in total. The molecule has 1 aromatic heterocycles. The van der Waals surface area contributed by atoms with Crippen LogP contribution in [-0.2, 0) is 10.0 Å². The average Bonchev–Trinajstić information content (AvgIpc) is 2.39. The molecule has 1 aromatic rings. The third-order valence-corrected chi connectivity index (χ3v) is 4.85. The van der Waals surface area contributed by atoms with Crippen LogP contribution in [0.15, 0.2) is 18.6 Å². The van der Waals surface area contributed by atoms with Crippen LogP contribution in [0.4, 0.5) is 5.82 Å². The summed E-state index contributed by atoms with van der Waals surface area (Å²) in [5, 5.41) is 0. The standard InChI is InChI=1S/C12H20N4O2S/c1-15(19(2,17)18)10-11-3-7-16(8-4-11)12-9-13-5-6-14-12/h5-6,9,11H,3-4,7-8,10H2,1-2H3. The second kappa shape index (κ2) is 5.83. The Balaban J connectivity index is 1.86. The summed E-state index contributed by atoms with van der Waals surface area (Å²) in [5.74, 6) is 1.32. The molecular formula is C12H20N4O2S. The van der Waals surface area contributed by atoms with Gasteiger partial charge in [-0.25, -0.2) is 17.7 Å². The molecule has 1 aliphatic rings. The number of aromatic nitrogens is 2. The summed E-state index contributed by atoms with van der Waals surface area (Å²) in [5.41, 5.74) is 0. The lowest BCUT2D eigenvalue weighted by atomic mass is 9.97. The predicted molar refractivity (Wildman–Crippen MR) is 74.4 cm³/mol. The molecule has 0 saturated carbocycles. The van der Waals surface area contributed by atoms with Gasteiger partial charge in [-0.2, -0.15) is 0 Å². The monoisotopic (exact) mass is 284 g/mol. The van der Waals surface area contributed by atoms with E-state index in [-0.39, 0.29) is 0 Å². The number of anilines is 1. The molecule has 0 spiro atoms. The fourth-order valence-electron chi connectivity index (χ4n) is 2.30. The van der Waals surface area contributed by atoms with Gasteiger partial charge in [-0.1, -0.05) is 0 Å². The summed E-state index contributed by atoms with van der Waals surface area (Å²) < 4.78 is 24.2. The van der Waals surface area contributed by atoms with Crippen molar-refractivity contribution in [3.05, 3.63) is 18.6 Å². The van der Waals surface area contributed by atoms with Crippen molar-refractivity contribution < 1.29 is 8.42 Å². The van der Waals surface area contributed by atoms with Crippen molar-refractivity contribution in [2.24, 2.45) is 5.92 Å². The molecule has 0 bridgehead atoms. The van der Waals surface area contributed by atoms with Crippen molar-refractivity contribution in [3.8, 4) is 0 Å². The molecule has 2 heterocycles. The van der Waals surface area contributed by atoms with Gasteiger partial charge in [0.15, 0.2) is 0 Å². The molecule has 7 heteroatoms. The minimum Gasteiger partial charge on any atom is -0.355 e. The van der Waals surface area contributed by atoms with Crippen molar-refractivity contribution in [1.29, 1.82) is 0 Å². The van der Waals surface area contributed by atoms with Crippen molar-refractivity contribution in [3.63, 3.8) is 0 Å². The summed E-state index contributed by atoms with van der Waals surface area (Å²) >= 11 is 0. The first-order valence-electron chi connectivity index (χ1n) is 6.39. The molecule has 0 aromatic carbocycles. The quantitative estimate of drug-likeness (QED) is 0.809. The molecule has 6 nitrogen and oxygen atoms in total. The van der Waals surface area contributed by atoms with E-state index in [1.807, 2.05) is 0 Å². The normalized spacial score (nSPS) is 17.9. The lowest BCUT2D eigenvalue weighted by molar-refractivity contribution is 0.328. The minimum absolute atomic E-state index is 0.424. The fraction of sp³-hybridized carbons (Fsp3) is 0.667. The fourth-order valence-corrected chi connectivity index (χ4v) is 2.78. The van der Waals surface area contributed by atoms with Gasteiger partial charge in [-0.15, -0.1) is 0 Å². The van der Waals surface area contributed by atoms with E-state index in [9.17, 15) is 8.42 Å². The van der Waals surface area contributed by atoms with Crippen molar-refractivity contribution in [1.82, 2.24) is 14.3 Å². The maximum absolute atomic E-state index is 11.4. The van der Waals surface area contributed by atoms with Crippen LogP contribution in [-0.4, -0.2) is 55.6 Å². The number of hydrogen-bond acceptors (Lipinski definition) is 5. The van der Waals surface area contributed by atoms with Crippen LogP contribution < -0.4 is 4.90 Å². The van der Waals surface area contributed by atoms with E-state index in [2.05, 4.69) is 14.9 Å². The van der Waals surface area contributed by atoms with Gasteiger partial charge in [0.2, 0.25) is 10.0 Å². The summed E-state index contributed by atoms with van der Waals surface area (Å²) in [7, 11) is -1.43. The summed E-state index contributed by atoms with van der Waals surface area (Å²) in [4.78, 5) is 10.6. The molecule has 1 saturated heterocycles. The lowest BCUT2D eigenvalue weighted by Gasteiger charge is -2.33. The Hall–Kier alpha value is -1.21. The molecule has 1 aliphatic heterocycles. The molecule has 2 rings (SSSR count). The van der Waals surface area contributed by atoms with Crippen molar-refractivity contribution in [2.75, 3.05) is 37.8 Å². The molecule has 0 atom stereocenters. The Bertz CT molecular complexity index is 498. The third-order valence-electron chi connectivity index (χ3n) is 3.57. The van der Waals surface area contributed by atoms with Crippen LogP contribution in [0.2, 0.25) is 0 Å². The van der Waals surface area contributed by atoms with Gasteiger partial charge in [-0.05, 0) is 18.8 Å². The highest BCUT2D eigenvalue weighted by Gasteiger charge is 2.23. The lowest BCUT2D eigenvalue weighted by Crippen LogP contribution is -2.39. The van der Waals surface area contributed by atoms with E-state index in [0.29, 0.717) is 12.5 Å². The second-order valence-electron chi connectivity index (χ2n) is 5.04. The van der Waals surface area contributed by atoms with Gasteiger partial charge in [-0.3, -0.25) is 4.98 Å². The number of rotatable bonds is 4. The summed E-state index contributed by atoms with van der Waals surface area (Å²) in [6.45, 7) is 2.41. The average molecular weight is 284 g/mol. The Labute approximate surface area is 114 Å². The first kappa shape index (κ1) is 14.2. The number of nitrogens with zero attached hydrogens (tertiary/aromatic N) is 4. The molecule has 1 fully saturated rings. The van der Waals surface area contributed by atoms with Gasteiger partial charge in [0.05, 0.1) is 12.5 Å². The highest BCUT2D eigenvalue weighted by molar-refractivity contribution is 7.88. The second-order valence-corrected chi connectivity index (χ2v) is 7.13. The van der Waals surface area contributed by atoms with Gasteiger partial charge >= 0.3 is 0 Å². The summed E-state index contributed by atoms with van der Waals surface area (Å²) in [6.07, 6.45) is 8.34. The molecular weight excluding hydrogens is 264 g/mol. The number of sulfonamides is 1. The van der Waals surface area contributed by atoms with Crippen molar-refractivity contribution >= 4 is 15.8 Å².